The first-order chi connectivity index (χ1) is 14.0. The number of rotatable bonds is 12. The molecule has 29 heavy (non-hydrogen) atoms. The van der Waals surface area contributed by atoms with Crippen LogP contribution in [-0.2, 0) is 15.1 Å². The minimum Gasteiger partial charge on any atom is -0.481 e. The first kappa shape index (κ1) is 22.0. The number of carboxylic acid groups (broad SMARTS) is 1. The Hall–Kier alpha value is -1.69. The first-order valence-corrected chi connectivity index (χ1v) is 11.0. The lowest BCUT2D eigenvalue weighted by Gasteiger charge is -2.28. The summed E-state index contributed by atoms with van der Waals surface area (Å²) in [5.74, 6) is 0.395. The zero-order valence-corrected chi connectivity index (χ0v) is 17.4. The molecular formula is C24H35NO4. The zero-order chi connectivity index (χ0) is 20.7. The van der Waals surface area contributed by atoms with Gasteiger partial charge in [0, 0.05) is 13.0 Å². The fourth-order valence-electron chi connectivity index (χ4n) is 4.84. The van der Waals surface area contributed by atoms with Gasteiger partial charge in [0.1, 0.15) is 0 Å². The smallest absolute Gasteiger partial charge is 0.303 e. The Morgan fingerprint density at radius 1 is 1.21 bits per heavy atom. The molecule has 5 heteroatoms. The second-order valence-electron chi connectivity index (χ2n) is 8.72. The van der Waals surface area contributed by atoms with Crippen LogP contribution in [0.2, 0.25) is 0 Å². The first-order valence-electron chi connectivity index (χ1n) is 11.0. The van der Waals surface area contributed by atoms with Gasteiger partial charge in [-0.2, -0.15) is 0 Å². The van der Waals surface area contributed by atoms with Gasteiger partial charge in [0.15, 0.2) is 0 Å². The van der Waals surface area contributed by atoms with Crippen LogP contribution in [0.15, 0.2) is 42.5 Å². The van der Waals surface area contributed by atoms with E-state index in [2.05, 4.69) is 17.5 Å². The lowest BCUT2D eigenvalue weighted by atomic mass is 9.76. The predicted molar refractivity (Wildman–Crippen MR) is 114 cm³/mol. The summed E-state index contributed by atoms with van der Waals surface area (Å²) in [5.41, 5.74) is 0.0616. The molecule has 0 radical (unpaired) electrons. The quantitative estimate of drug-likeness (QED) is 0.366. The molecule has 2 bridgehead atoms. The van der Waals surface area contributed by atoms with Gasteiger partial charge in [0.25, 0.3) is 0 Å². The molecule has 3 rings (SSSR count). The molecule has 1 unspecified atom stereocenters. The van der Waals surface area contributed by atoms with Crippen LogP contribution in [0.5, 0.6) is 0 Å². The van der Waals surface area contributed by atoms with Crippen LogP contribution < -0.4 is 5.32 Å². The molecular weight excluding hydrogens is 366 g/mol. The summed E-state index contributed by atoms with van der Waals surface area (Å²) < 4.78 is 6.19. The predicted octanol–water partition coefficient (Wildman–Crippen LogP) is 3.87. The molecule has 0 saturated carbocycles. The normalized spacial score (nSPS) is 28.1. The third-order valence-corrected chi connectivity index (χ3v) is 6.45. The highest BCUT2D eigenvalue weighted by Crippen LogP contribution is 2.46. The lowest BCUT2D eigenvalue weighted by molar-refractivity contribution is -0.137. The number of fused-ring (bicyclic) bond motifs is 2. The highest BCUT2D eigenvalue weighted by atomic mass is 16.5. The Kier molecular flexibility index (Phi) is 7.87. The molecule has 2 fully saturated rings. The topological polar surface area (TPSA) is 78.8 Å². The largest absolute Gasteiger partial charge is 0.481 e. The highest BCUT2D eigenvalue weighted by Gasteiger charge is 2.47. The number of aliphatic hydroxyl groups is 1. The average Bonchev–Trinajstić information content (AvgIpc) is 3.30. The Labute approximate surface area is 174 Å². The minimum atomic E-state index is -0.871. The number of nitrogens with one attached hydrogen (secondary N) is 1. The highest BCUT2D eigenvalue weighted by molar-refractivity contribution is 5.66. The summed E-state index contributed by atoms with van der Waals surface area (Å²) in [4.78, 5) is 10.6. The molecule has 160 valence electrons. The second-order valence-corrected chi connectivity index (χ2v) is 8.72. The van der Waals surface area contributed by atoms with Crippen molar-refractivity contribution >= 4 is 5.97 Å². The maximum absolute atomic E-state index is 10.7. The van der Waals surface area contributed by atoms with Crippen LogP contribution >= 0.6 is 0 Å². The molecule has 2 aliphatic heterocycles. The molecule has 1 aromatic rings. The number of carboxylic acids is 1. The van der Waals surface area contributed by atoms with Crippen LogP contribution in [0.25, 0.3) is 0 Å². The van der Waals surface area contributed by atoms with Crippen LogP contribution in [0, 0.1) is 11.8 Å². The summed E-state index contributed by atoms with van der Waals surface area (Å²) in [6.07, 6.45) is 11.3. The van der Waals surface area contributed by atoms with Crippen LogP contribution in [0.4, 0.5) is 0 Å². The fourth-order valence-corrected chi connectivity index (χ4v) is 4.84. The summed E-state index contributed by atoms with van der Waals surface area (Å²) >= 11 is 0. The van der Waals surface area contributed by atoms with E-state index in [9.17, 15) is 9.90 Å². The number of hydrogen-bond donors (Lipinski definition) is 3. The Balaban J connectivity index is 1.41. The van der Waals surface area contributed by atoms with E-state index in [4.69, 9.17) is 9.84 Å². The number of benzene rings is 1. The van der Waals surface area contributed by atoms with Crippen molar-refractivity contribution in [3.05, 3.63) is 48.0 Å². The van der Waals surface area contributed by atoms with Gasteiger partial charge in [-0.15, -0.1) is 0 Å². The Morgan fingerprint density at radius 3 is 2.66 bits per heavy atom. The van der Waals surface area contributed by atoms with Crippen molar-refractivity contribution in [2.75, 3.05) is 13.1 Å². The Bertz CT molecular complexity index is 673. The second kappa shape index (κ2) is 10.4. The van der Waals surface area contributed by atoms with E-state index in [0.29, 0.717) is 37.0 Å². The van der Waals surface area contributed by atoms with Crippen molar-refractivity contribution in [1.29, 1.82) is 0 Å². The number of carbonyl (C=O) groups is 1. The molecule has 5 atom stereocenters. The van der Waals surface area contributed by atoms with Crippen LogP contribution in [0.1, 0.15) is 57.4 Å². The molecule has 2 aliphatic rings. The van der Waals surface area contributed by atoms with Gasteiger partial charge in [-0.3, -0.25) is 4.79 Å². The molecule has 5 nitrogen and oxygen atoms in total. The van der Waals surface area contributed by atoms with Crippen molar-refractivity contribution in [3.63, 3.8) is 0 Å². The maximum Gasteiger partial charge on any atom is 0.303 e. The summed E-state index contributed by atoms with van der Waals surface area (Å²) in [5, 5.41) is 22.9. The molecule has 2 heterocycles. The van der Waals surface area contributed by atoms with Crippen LogP contribution in [-0.4, -0.2) is 41.5 Å². The SMILES string of the molecule is CC(O)(CNCC[C@@H]1[C@@H](C/C=C\CCCC(=O)O)[C@H]2CC[C@@H]1O2)c1ccccc1. The van der Waals surface area contributed by atoms with Crippen molar-refractivity contribution < 1.29 is 19.7 Å². The summed E-state index contributed by atoms with van der Waals surface area (Å²) in [6, 6.07) is 9.80. The van der Waals surface area contributed by atoms with E-state index in [1.54, 1.807) is 0 Å². The van der Waals surface area contributed by atoms with Crippen molar-refractivity contribution in [3.8, 4) is 0 Å². The molecule has 1 aromatic carbocycles. The number of allylic oxidation sites excluding steroid dienone is 2. The van der Waals surface area contributed by atoms with Gasteiger partial charge >= 0.3 is 5.97 Å². The zero-order valence-electron chi connectivity index (χ0n) is 17.4. The van der Waals surface area contributed by atoms with Crippen LogP contribution in [0.3, 0.4) is 0 Å². The van der Waals surface area contributed by atoms with E-state index in [0.717, 1.165) is 44.2 Å². The molecule has 0 amide bonds. The average molecular weight is 402 g/mol. The van der Waals surface area contributed by atoms with Gasteiger partial charge in [-0.1, -0.05) is 42.5 Å². The third-order valence-electron chi connectivity index (χ3n) is 6.45. The van der Waals surface area contributed by atoms with E-state index in [1.165, 1.54) is 0 Å². The van der Waals surface area contributed by atoms with E-state index in [1.807, 2.05) is 37.3 Å². The minimum absolute atomic E-state index is 0.239. The van der Waals surface area contributed by atoms with E-state index in [-0.39, 0.29) is 6.42 Å². The molecule has 0 spiro atoms. The van der Waals surface area contributed by atoms with Gasteiger partial charge in [0.2, 0.25) is 0 Å². The standard InChI is InChI=1S/C24H35NO4/c1-24(28,18-9-5-4-6-10-18)17-25-16-15-20-19(21-13-14-22(20)29-21)11-7-2-3-8-12-23(26)27/h2,4-7,9-10,19-22,25,28H,3,8,11-17H2,1H3,(H,26,27)/b7-2-/t19-,20-,21-,22+,24?/m1/s1. The lowest BCUT2D eigenvalue weighted by Crippen LogP contribution is -2.37. The number of ether oxygens (including phenoxy) is 1. The van der Waals surface area contributed by atoms with E-state index < -0.39 is 11.6 Å². The van der Waals surface area contributed by atoms with Gasteiger partial charge in [0.05, 0.1) is 17.8 Å². The number of aliphatic carboxylic acids is 1. The van der Waals surface area contributed by atoms with Crippen molar-refractivity contribution in [1.82, 2.24) is 5.32 Å². The summed E-state index contributed by atoms with van der Waals surface area (Å²) in [7, 11) is 0. The van der Waals surface area contributed by atoms with Gasteiger partial charge < -0.3 is 20.3 Å². The van der Waals surface area contributed by atoms with Gasteiger partial charge in [-0.25, -0.2) is 0 Å². The maximum atomic E-state index is 10.7. The monoisotopic (exact) mass is 401 g/mol. The van der Waals surface area contributed by atoms with E-state index >= 15 is 0 Å². The Morgan fingerprint density at radius 2 is 1.93 bits per heavy atom. The number of unbranched alkanes of at least 4 members (excludes halogenated alkanes) is 1. The summed E-state index contributed by atoms with van der Waals surface area (Å²) in [6.45, 7) is 3.26. The third kappa shape index (κ3) is 6.14. The molecule has 2 saturated heterocycles. The molecule has 0 aromatic heterocycles. The van der Waals surface area contributed by atoms with Crippen molar-refractivity contribution in [2.24, 2.45) is 11.8 Å². The molecule has 0 aliphatic carbocycles. The van der Waals surface area contributed by atoms with Gasteiger partial charge in [-0.05, 0) is 69.4 Å². The molecule has 3 N–H and O–H groups in total. The fraction of sp³-hybridized carbons (Fsp3) is 0.625. The van der Waals surface area contributed by atoms with Crippen molar-refractivity contribution in [2.45, 2.75) is 69.7 Å². The number of hydrogen-bond acceptors (Lipinski definition) is 4.